The predicted molar refractivity (Wildman–Crippen MR) is 114 cm³/mol. The van der Waals surface area contributed by atoms with Crippen LogP contribution >= 0.6 is 24.8 Å². The Hall–Kier alpha value is -1.99. The summed E-state index contributed by atoms with van der Waals surface area (Å²) in [4.78, 5) is 27.3. The average Bonchev–Trinajstić information content (AvgIpc) is 2.64. The maximum absolute atomic E-state index is 12.3. The molecule has 0 spiro atoms. The van der Waals surface area contributed by atoms with Crippen LogP contribution in [-0.4, -0.2) is 53.2 Å². The number of carbonyl (C=O) groups excluding carboxylic acids is 1. The van der Waals surface area contributed by atoms with Gasteiger partial charge in [0, 0.05) is 51.3 Å². The largest absolute Gasteiger partial charge is 0.298 e. The minimum absolute atomic E-state index is 0. The van der Waals surface area contributed by atoms with E-state index in [-0.39, 0.29) is 42.7 Å². The Labute approximate surface area is 177 Å². The maximum Gasteiger partial charge on any atom is 0.269 e. The van der Waals surface area contributed by atoms with E-state index >= 15 is 0 Å². The van der Waals surface area contributed by atoms with E-state index in [0.29, 0.717) is 12.1 Å². The highest BCUT2D eigenvalue weighted by molar-refractivity contribution is 5.85. The summed E-state index contributed by atoms with van der Waals surface area (Å²) in [6.07, 6.45) is 0.242. The third kappa shape index (κ3) is 7.20. The van der Waals surface area contributed by atoms with Crippen LogP contribution in [0.15, 0.2) is 54.6 Å². The van der Waals surface area contributed by atoms with Crippen molar-refractivity contribution in [1.29, 1.82) is 0 Å². The molecule has 0 N–H and O–H groups in total. The van der Waals surface area contributed by atoms with Crippen LogP contribution in [-0.2, 0) is 17.8 Å². The Morgan fingerprint density at radius 2 is 1.50 bits per heavy atom. The Kier molecular flexibility index (Phi) is 10.1. The van der Waals surface area contributed by atoms with Crippen molar-refractivity contribution in [3.63, 3.8) is 0 Å². The summed E-state index contributed by atoms with van der Waals surface area (Å²) in [6, 6.07) is 16.7. The number of nitrogens with zero attached hydrogens (tertiary/aromatic N) is 3. The number of non-ortho nitro benzene ring substituents is 1. The van der Waals surface area contributed by atoms with Crippen molar-refractivity contribution >= 4 is 36.3 Å². The molecule has 28 heavy (non-hydrogen) atoms. The lowest BCUT2D eigenvalue weighted by Gasteiger charge is -2.34. The fourth-order valence-corrected chi connectivity index (χ4v) is 3.26. The zero-order chi connectivity index (χ0) is 18.4. The van der Waals surface area contributed by atoms with Gasteiger partial charge in [0.2, 0.25) is 0 Å². The minimum Gasteiger partial charge on any atom is -0.298 e. The third-order valence-corrected chi connectivity index (χ3v) is 4.64. The van der Waals surface area contributed by atoms with E-state index in [1.165, 1.54) is 17.7 Å². The normalized spacial score (nSPS) is 14.6. The number of Topliss-reactive ketones (excluding diaryl/α,β-unsaturated/α-hetero) is 1. The lowest BCUT2D eigenvalue weighted by atomic mass is 10.1. The van der Waals surface area contributed by atoms with Gasteiger partial charge >= 0.3 is 0 Å². The number of ketones is 1. The van der Waals surface area contributed by atoms with E-state index in [1.807, 2.05) is 6.07 Å². The summed E-state index contributed by atoms with van der Waals surface area (Å²) in [5.74, 6) is 0.0991. The van der Waals surface area contributed by atoms with Gasteiger partial charge < -0.3 is 0 Å². The smallest absolute Gasteiger partial charge is 0.269 e. The number of carbonyl (C=O) groups is 1. The topological polar surface area (TPSA) is 66.7 Å². The molecule has 6 nitrogen and oxygen atoms in total. The average molecular weight is 426 g/mol. The van der Waals surface area contributed by atoms with Crippen LogP contribution in [0.2, 0.25) is 0 Å². The van der Waals surface area contributed by atoms with Crippen LogP contribution in [0.4, 0.5) is 5.69 Å². The zero-order valence-corrected chi connectivity index (χ0v) is 17.2. The summed E-state index contributed by atoms with van der Waals surface area (Å²) < 4.78 is 0. The lowest BCUT2D eigenvalue weighted by molar-refractivity contribution is -0.384. The third-order valence-electron chi connectivity index (χ3n) is 4.64. The van der Waals surface area contributed by atoms with E-state index < -0.39 is 4.92 Å². The van der Waals surface area contributed by atoms with Gasteiger partial charge in [-0.15, -0.1) is 24.8 Å². The number of nitro groups is 1. The molecule has 152 valence electrons. The molecule has 0 bridgehead atoms. The molecule has 0 amide bonds. The molecule has 0 radical (unpaired) electrons. The molecular formula is C20H25Cl2N3O3. The molecule has 0 aromatic heterocycles. The number of halogens is 2. The quantitative estimate of drug-likeness (QED) is 0.502. The molecule has 0 aliphatic carbocycles. The van der Waals surface area contributed by atoms with Gasteiger partial charge in [-0.25, -0.2) is 0 Å². The molecule has 0 atom stereocenters. The summed E-state index contributed by atoms with van der Waals surface area (Å²) in [6.45, 7) is 4.97. The molecule has 0 unspecified atom stereocenters. The van der Waals surface area contributed by atoms with Crippen LogP contribution in [0.1, 0.15) is 11.1 Å². The number of hydrogen-bond acceptors (Lipinski definition) is 5. The molecule has 1 fully saturated rings. The molecule has 2 aromatic carbocycles. The Bertz CT molecular complexity index is 766. The van der Waals surface area contributed by atoms with E-state index in [9.17, 15) is 14.9 Å². The molecule has 1 aliphatic heterocycles. The van der Waals surface area contributed by atoms with Gasteiger partial charge in [-0.3, -0.25) is 24.7 Å². The first-order chi connectivity index (χ1) is 12.6. The molecule has 3 rings (SSSR count). The molecule has 0 saturated carbocycles. The van der Waals surface area contributed by atoms with Gasteiger partial charge in [-0.1, -0.05) is 42.5 Å². The van der Waals surface area contributed by atoms with Crippen LogP contribution in [0.25, 0.3) is 0 Å². The minimum atomic E-state index is -0.431. The molecule has 1 aliphatic rings. The first kappa shape index (κ1) is 24.0. The molecule has 2 aromatic rings. The van der Waals surface area contributed by atoms with Crippen LogP contribution in [0, 0.1) is 10.1 Å². The SMILES string of the molecule is Cl.Cl.O=C(Cc1cccc([N+](=O)[O-])c1)CN1CCN(Cc2ccccc2)CC1. The first-order valence-electron chi connectivity index (χ1n) is 8.84. The first-order valence-corrected chi connectivity index (χ1v) is 8.84. The second-order valence-electron chi connectivity index (χ2n) is 6.68. The highest BCUT2D eigenvalue weighted by atomic mass is 35.5. The van der Waals surface area contributed by atoms with E-state index in [2.05, 4.69) is 34.1 Å². The van der Waals surface area contributed by atoms with Gasteiger partial charge in [0.05, 0.1) is 11.5 Å². The summed E-state index contributed by atoms with van der Waals surface area (Å²) in [5.41, 5.74) is 2.04. The standard InChI is InChI=1S/C20H23N3O3.2ClH/c24-20(14-18-7-4-8-19(13-18)23(25)26)16-22-11-9-21(10-12-22)15-17-5-2-1-3-6-17;;/h1-8,13H,9-12,14-16H2;2*1H. The number of piperazine rings is 1. The summed E-state index contributed by atoms with van der Waals surface area (Å²) >= 11 is 0. The molecule has 1 saturated heterocycles. The Morgan fingerprint density at radius 3 is 2.14 bits per heavy atom. The number of nitro benzene ring substituents is 1. The summed E-state index contributed by atoms with van der Waals surface area (Å²) in [7, 11) is 0. The predicted octanol–water partition coefficient (Wildman–Crippen LogP) is 3.37. The zero-order valence-electron chi connectivity index (χ0n) is 15.5. The highest BCUT2D eigenvalue weighted by Crippen LogP contribution is 2.14. The van der Waals surface area contributed by atoms with Gasteiger partial charge in [0.1, 0.15) is 0 Å². The second kappa shape index (κ2) is 11.8. The Balaban J connectivity index is 0.00000196. The van der Waals surface area contributed by atoms with Crippen LogP contribution < -0.4 is 0 Å². The number of benzene rings is 2. The van der Waals surface area contributed by atoms with Crippen molar-refractivity contribution in [2.45, 2.75) is 13.0 Å². The van der Waals surface area contributed by atoms with E-state index in [4.69, 9.17) is 0 Å². The van der Waals surface area contributed by atoms with Crippen molar-refractivity contribution in [3.8, 4) is 0 Å². The van der Waals surface area contributed by atoms with Crippen molar-refractivity contribution in [3.05, 3.63) is 75.8 Å². The van der Waals surface area contributed by atoms with Crippen molar-refractivity contribution in [1.82, 2.24) is 9.80 Å². The van der Waals surface area contributed by atoms with Crippen molar-refractivity contribution in [2.24, 2.45) is 0 Å². The molecule has 1 heterocycles. The molecule has 8 heteroatoms. The Morgan fingerprint density at radius 1 is 0.893 bits per heavy atom. The van der Waals surface area contributed by atoms with Gasteiger partial charge in [-0.05, 0) is 11.1 Å². The van der Waals surface area contributed by atoms with Gasteiger partial charge in [-0.2, -0.15) is 0 Å². The fourth-order valence-electron chi connectivity index (χ4n) is 3.26. The van der Waals surface area contributed by atoms with Crippen LogP contribution in [0.5, 0.6) is 0 Å². The lowest BCUT2D eigenvalue weighted by Crippen LogP contribution is -2.47. The highest BCUT2D eigenvalue weighted by Gasteiger charge is 2.19. The van der Waals surface area contributed by atoms with Crippen molar-refractivity contribution < 1.29 is 9.72 Å². The van der Waals surface area contributed by atoms with E-state index in [0.717, 1.165) is 32.7 Å². The van der Waals surface area contributed by atoms with Crippen molar-refractivity contribution in [2.75, 3.05) is 32.7 Å². The molecular weight excluding hydrogens is 401 g/mol. The van der Waals surface area contributed by atoms with Crippen LogP contribution in [0.3, 0.4) is 0 Å². The number of rotatable bonds is 7. The fraction of sp³-hybridized carbons (Fsp3) is 0.350. The van der Waals surface area contributed by atoms with Gasteiger partial charge in [0.15, 0.2) is 5.78 Å². The number of hydrogen-bond donors (Lipinski definition) is 0. The summed E-state index contributed by atoms with van der Waals surface area (Å²) in [5, 5.41) is 10.8. The van der Waals surface area contributed by atoms with Gasteiger partial charge in [0.25, 0.3) is 5.69 Å². The van der Waals surface area contributed by atoms with E-state index in [1.54, 1.807) is 12.1 Å². The second-order valence-corrected chi connectivity index (χ2v) is 6.68. The maximum atomic E-state index is 12.3. The monoisotopic (exact) mass is 425 g/mol.